The standard InChI is InChI=1S/C14H13F4N3/c1-21(2)9-5-3-4-8(6-9)7-19-12-10(15)13(17)20-14(18)11(12)16/h3-6H,7H2,1-2H3,(H,19,20). The number of anilines is 2. The average molecular weight is 299 g/mol. The fourth-order valence-corrected chi connectivity index (χ4v) is 1.78. The monoisotopic (exact) mass is 299 g/mol. The molecule has 21 heavy (non-hydrogen) atoms. The second-order valence-corrected chi connectivity index (χ2v) is 4.61. The van der Waals surface area contributed by atoms with Gasteiger partial charge in [-0.1, -0.05) is 12.1 Å². The summed E-state index contributed by atoms with van der Waals surface area (Å²) in [6, 6.07) is 7.14. The van der Waals surface area contributed by atoms with Crippen LogP contribution in [0.5, 0.6) is 0 Å². The lowest BCUT2D eigenvalue weighted by Crippen LogP contribution is -2.11. The molecule has 0 amide bonds. The van der Waals surface area contributed by atoms with Crippen molar-refractivity contribution in [1.29, 1.82) is 0 Å². The Kier molecular flexibility index (Phi) is 4.30. The molecule has 7 heteroatoms. The first-order chi connectivity index (χ1) is 9.90. The Balaban J connectivity index is 2.23. The van der Waals surface area contributed by atoms with Crippen LogP contribution in [0.4, 0.5) is 28.9 Å². The smallest absolute Gasteiger partial charge is 0.253 e. The highest BCUT2D eigenvalue weighted by molar-refractivity contribution is 5.50. The number of aromatic nitrogens is 1. The number of nitrogens with one attached hydrogen (secondary N) is 1. The zero-order chi connectivity index (χ0) is 15.6. The predicted octanol–water partition coefficient (Wildman–Crippen LogP) is 3.32. The molecule has 0 aliphatic carbocycles. The molecule has 1 aromatic carbocycles. The highest BCUT2D eigenvalue weighted by Crippen LogP contribution is 2.23. The second kappa shape index (κ2) is 5.99. The van der Waals surface area contributed by atoms with E-state index in [2.05, 4.69) is 10.3 Å². The van der Waals surface area contributed by atoms with Gasteiger partial charge in [-0.15, -0.1) is 0 Å². The van der Waals surface area contributed by atoms with Crippen LogP contribution in [0.25, 0.3) is 0 Å². The van der Waals surface area contributed by atoms with Gasteiger partial charge in [-0.05, 0) is 17.7 Å². The molecule has 112 valence electrons. The van der Waals surface area contributed by atoms with Gasteiger partial charge in [0, 0.05) is 26.3 Å². The van der Waals surface area contributed by atoms with Gasteiger partial charge in [0.25, 0.3) is 11.9 Å². The molecule has 0 bridgehead atoms. The van der Waals surface area contributed by atoms with Crippen LogP contribution in [0.15, 0.2) is 24.3 Å². The third-order valence-electron chi connectivity index (χ3n) is 2.89. The molecule has 2 rings (SSSR count). The van der Waals surface area contributed by atoms with Crippen molar-refractivity contribution >= 4 is 11.4 Å². The first-order valence-electron chi connectivity index (χ1n) is 6.10. The fourth-order valence-electron chi connectivity index (χ4n) is 1.78. The van der Waals surface area contributed by atoms with E-state index in [0.717, 1.165) is 5.69 Å². The van der Waals surface area contributed by atoms with E-state index in [1.165, 1.54) is 0 Å². The van der Waals surface area contributed by atoms with Crippen molar-refractivity contribution in [2.45, 2.75) is 6.54 Å². The lowest BCUT2D eigenvalue weighted by molar-refractivity contribution is 0.410. The highest BCUT2D eigenvalue weighted by Gasteiger charge is 2.20. The van der Waals surface area contributed by atoms with Crippen LogP contribution in [0.3, 0.4) is 0 Å². The summed E-state index contributed by atoms with van der Waals surface area (Å²) in [4.78, 5) is 4.35. The van der Waals surface area contributed by atoms with Crippen LogP contribution < -0.4 is 10.2 Å². The van der Waals surface area contributed by atoms with Crippen LogP contribution in [-0.2, 0) is 6.54 Å². The predicted molar refractivity (Wildman–Crippen MR) is 72.2 cm³/mol. The number of pyridine rings is 1. The fraction of sp³-hybridized carbons (Fsp3) is 0.214. The number of rotatable bonds is 4. The maximum atomic E-state index is 13.4. The zero-order valence-electron chi connectivity index (χ0n) is 11.4. The van der Waals surface area contributed by atoms with E-state index >= 15 is 0 Å². The van der Waals surface area contributed by atoms with Crippen molar-refractivity contribution in [1.82, 2.24) is 4.98 Å². The third kappa shape index (κ3) is 3.24. The van der Waals surface area contributed by atoms with E-state index in [9.17, 15) is 17.6 Å². The van der Waals surface area contributed by atoms with E-state index in [-0.39, 0.29) is 6.54 Å². The molecule has 2 aromatic rings. The Bertz CT molecular complexity index is 633. The molecule has 0 saturated carbocycles. The Labute approximate surface area is 119 Å². The number of nitrogens with zero attached hydrogens (tertiary/aromatic N) is 2. The number of hydrogen-bond acceptors (Lipinski definition) is 3. The van der Waals surface area contributed by atoms with Gasteiger partial charge < -0.3 is 10.2 Å². The van der Waals surface area contributed by atoms with Crippen molar-refractivity contribution in [3.8, 4) is 0 Å². The van der Waals surface area contributed by atoms with E-state index in [4.69, 9.17) is 0 Å². The Morgan fingerprint density at radius 2 is 1.67 bits per heavy atom. The molecular weight excluding hydrogens is 286 g/mol. The molecule has 0 spiro atoms. The van der Waals surface area contributed by atoms with E-state index in [1.807, 2.05) is 25.1 Å². The van der Waals surface area contributed by atoms with Gasteiger partial charge in [0.15, 0.2) is 0 Å². The number of benzene rings is 1. The van der Waals surface area contributed by atoms with Gasteiger partial charge in [0.1, 0.15) is 5.69 Å². The summed E-state index contributed by atoms with van der Waals surface area (Å²) in [5.41, 5.74) is 0.732. The van der Waals surface area contributed by atoms with Gasteiger partial charge in [0.05, 0.1) is 0 Å². The average Bonchev–Trinajstić information content (AvgIpc) is 2.45. The van der Waals surface area contributed by atoms with Gasteiger partial charge in [0.2, 0.25) is 11.6 Å². The maximum absolute atomic E-state index is 13.4. The topological polar surface area (TPSA) is 28.2 Å². The second-order valence-electron chi connectivity index (χ2n) is 4.61. The first kappa shape index (κ1) is 15.1. The van der Waals surface area contributed by atoms with Gasteiger partial charge in [-0.2, -0.15) is 22.5 Å². The molecule has 3 nitrogen and oxygen atoms in total. The largest absolute Gasteiger partial charge is 0.378 e. The third-order valence-corrected chi connectivity index (χ3v) is 2.89. The molecule has 1 heterocycles. The molecule has 0 saturated heterocycles. The first-order valence-corrected chi connectivity index (χ1v) is 6.10. The molecular formula is C14H13F4N3. The van der Waals surface area contributed by atoms with Gasteiger partial charge in [-0.3, -0.25) is 0 Å². The van der Waals surface area contributed by atoms with E-state index in [0.29, 0.717) is 5.56 Å². The molecule has 0 fully saturated rings. The summed E-state index contributed by atoms with van der Waals surface area (Å²) < 4.78 is 52.8. The molecule has 0 aliphatic heterocycles. The Hall–Kier alpha value is -2.31. The normalized spacial score (nSPS) is 10.6. The summed E-state index contributed by atoms with van der Waals surface area (Å²) in [7, 11) is 3.69. The summed E-state index contributed by atoms with van der Waals surface area (Å²) in [5.74, 6) is -6.45. The van der Waals surface area contributed by atoms with Crippen molar-refractivity contribution in [2.24, 2.45) is 0 Å². The van der Waals surface area contributed by atoms with Crippen molar-refractivity contribution in [3.63, 3.8) is 0 Å². The van der Waals surface area contributed by atoms with Crippen LogP contribution in [0.2, 0.25) is 0 Å². The minimum Gasteiger partial charge on any atom is -0.378 e. The van der Waals surface area contributed by atoms with Crippen molar-refractivity contribution in [3.05, 3.63) is 53.4 Å². The van der Waals surface area contributed by atoms with Crippen LogP contribution >= 0.6 is 0 Å². The summed E-state index contributed by atoms with van der Waals surface area (Å²) in [6.07, 6.45) is 0. The SMILES string of the molecule is CN(C)c1cccc(CNc2c(F)c(F)nc(F)c2F)c1. The quantitative estimate of drug-likeness (QED) is 0.693. The summed E-state index contributed by atoms with van der Waals surface area (Å²) in [5, 5.41) is 2.36. The van der Waals surface area contributed by atoms with Crippen LogP contribution in [0.1, 0.15) is 5.56 Å². The van der Waals surface area contributed by atoms with Gasteiger partial charge >= 0.3 is 0 Å². The van der Waals surface area contributed by atoms with E-state index in [1.54, 1.807) is 18.2 Å². The molecule has 0 aliphatic rings. The lowest BCUT2D eigenvalue weighted by atomic mass is 10.2. The number of halogens is 4. The highest BCUT2D eigenvalue weighted by atomic mass is 19.2. The lowest BCUT2D eigenvalue weighted by Gasteiger charge is -2.14. The molecule has 1 N–H and O–H groups in total. The maximum Gasteiger partial charge on any atom is 0.253 e. The Morgan fingerprint density at radius 1 is 1.05 bits per heavy atom. The molecule has 0 unspecified atom stereocenters. The van der Waals surface area contributed by atoms with Crippen molar-refractivity contribution < 1.29 is 17.6 Å². The minimum atomic E-state index is -1.68. The van der Waals surface area contributed by atoms with Gasteiger partial charge in [-0.25, -0.2) is 0 Å². The van der Waals surface area contributed by atoms with E-state index < -0.39 is 29.2 Å². The zero-order valence-corrected chi connectivity index (χ0v) is 11.4. The molecule has 1 aromatic heterocycles. The summed E-state index contributed by atoms with van der Waals surface area (Å²) in [6.45, 7) is 0.0123. The molecule has 0 atom stereocenters. The number of hydrogen-bond donors (Lipinski definition) is 1. The minimum absolute atomic E-state index is 0.0123. The van der Waals surface area contributed by atoms with Crippen molar-refractivity contribution in [2.75, 3.05) is 24.3 Å². The van der Waals surface area contributed by atoms with Crippen LogP contribution in [-0.4, -0.2) is 19.1 Å². The molecule has 0 radical (unpaired) electrons. The Morgan fingerprint density at radius 3 is 2.24 bits per heavy atom. The van der Waals surface area contributed by atoms with Crippen LogP contribution in [0, 0.1) is 23.5 Å². The summed E-state index contributed by atoms with van der Waals surface area (Å²) >= 11 is 0.